The Morgan fingerprint density at radius 2 is 1.81 bits per heavy atom. The Kier molecular flexibility index (Phi) is 7.89. The summed E-state index contributed by atoms with van der Waals surface area (Å²) in [5.74, 6) is 0.0857. The molecular formula is C21H23ClN2O3. The van der Waals surface area contributed by atoms with E-state index in [2.05, 4.69) is 24.7 Å². The number of nitrogens with one attached hydrogen (secondary N) is 2. The topological polar surface area (TPSA) is 67.4 Å². The molecule has 0 bridgehead atoms. The summed E-state index contributed by atoms with van der Waals surface area (Å²) >= 11 is 6.01. The molecule has 2 rings (SSSR count). The van der Waals surface area contributed by atoms with E-state index in [1.807, 2.05) is 30.3 Å². The average molecular weight is 387 g/mol. The van der Waals surface area contributed by atoms with Crippen LogP contribution in [0, 0.1) is 0 Å². The number of para-hydroxylation sites is 1. The van der Waals surface area contributed by atoms with Crippen molar-refractivity contribution in [3.63, 3.8) is 0 Å². The van der Waals surface area contributed by atoms with Crippen LogP contribution in [0.3, 0.4) is 0 Å². The van der Waals surface area contributed by atoms with E-state index in [9.17, 15) is 9.59 Å². The first-order valence-electron chi connectivity index (χ1n) is 8.74. The second kappa shape index (κ2) is 10.4. The lowest BCUT2D eigenvalue weighted by molar-refractivity contribution is -0.128. The number of amides is 2. The third-order valence-electron chi connectivity index (χ3n) is 4.07. The molecule has 0 heterocycles. The van der Waals surface area contributed by atoms with Gasteiger partial charge in [-0.25, -0.2) is 0 Å². The highest BCUT2D eigenvalue weighted by atomic mass is 35.5. The van der Waals surface area contributed by atoms with Crippen LogP contribution in [0.4, 0.5) is 0 Å². The van der Waals surface area contributed by atoms with Crippen LogP contribution in [-0.4, -0.2) is 18.4 Å². The van der Waals surface area contributed by atoms with Crippen LogP contribution in [0.2, 0.25) is 5.02 Å². The number of carbonyl (C=O) groups is 2. The zero-order valence-corrected chi connectivity index (χ0v) is 16.1. The van der Waals surface area contributed by atoms with E-state index in [-0.39, 0.29) is 6.61 Å². The van der Waals surface area contributed by atoms with Gasteiger partial charge in [-0.2, -0.15) is 0 Å². The van der Waals surface area contributed by atoms with Gasteiger partial charge in [0.15, 0.2) is 6.61 Å². The number of rotatable bonds is 7. The highest BCUT2D eigenvalue weighted by Crippen LogP contribution is 2.28. The Morgan fingerprint density at radius 1 is 1.11 bits per heavy atom. The predicted octanol–water partition coefficient (Wildman–Crippen LogP) is 4.09. The van der Waals surface area contributed by atoms with Crippen LogP contribution in [0.1, 0.15) is 37.3 Å². The number of ether oxygens (including phenoxy) is 1. The predicted molar refractivity (Wildman–Crippen MR) is 107 cm³/mol. The van der Waals surface area contributed by atoms with Gasteiger partial charge in [0.2, 0.25) is 0 Å². The fraction of sp³-hybridized carbons (Fsp3) is 0.238. The maximum atomic E-state index is 11.9. The smallest absolute Gasteiger partial charge is 0.276 e. The van der Waals surface area contributed by atoms with Crippen molar-refractivity contribution in [3.8, 4) is 5.75 Å². The van der Waals surface area contributed by atoms with Gasteiger partial charge in [0.05, 0.1) is 0 Å². The number of hydrogen-bond acceptors (Lipinski definition) is 3. The molecule has 0 saturated carbocycles. The minimum absolute atomic E-state index is 0.193. The maximum Gasteiger partial charge on any atom is 0.276 e. The third kappa shape index (κ3) is 6.46. The first-order valence-corrected chi connectivity index (χ1v) is 9.12. The summed E-state index contributed by atoms with van der Waals surface area (Å²) in [5.41, 5.74) is 6.40. The highest BCUT2D eigenvalue weighted by Gasteiger charge is 2.11. The van der Waals surface area contributed by atoms with Gasteiger partial charge in [-0.3, -0.25) is 20.4 Å². The van der Waals surface area contributed by atoms with Gasteiger partial charge in [0.25, 0.3) is 11.8 Å². The van der Waals surface area contributed by atoms with Crippen LogP contribution in [-0.2, 0) is 9.59 Å². The molecule has 2 aromatic rings. The van der Waals surface area contributed by atoms with E-state index < -0.39 is 11.8 Å². The first-order chi connectivity index (χ1) is 13.0. The number of carbonyl (C=O) groups excluding carboxylic acids is 2. The molecule has 0 spiro atoms. The standard InChI is InChI=1S/C21H23ClN2O3/c1-3-15(2)17-9-5-7-11-19(17)27-14-21(26)24-23-20(25)13-12-16-8-4-6-10-18(16)22/h4-13,15H,3,14H2,1-2H3,(H,23,25)(H,24,26)/b13-12+/t15-/m0/s1. The Bertz CT molecular complexity index is 821. The van der Waals surface area contributed by atoms with Crippen molar-refractivity contribution in [2.24, 2.45) is 0 Å². The van der Waals surface area contributed by atoms with Crippen molar-refractivity contribution in [3.05, 3.63) is 70.8 Å². The summed E-state index contributed by atoms with van der Waals surface area (Å²) in [5, 5.41) is 0.541. The SMILES string of the molecule is CC[C@H](C)c1ccccc1OCC(=O)NNC(=O)/C=C/c1ccccc1Cl. The molecule has 0 aliphatic heterocycles. The molecule has 5 nitrogen and oxygen atoms in total. The average Bonchev–Trinajstić information content (AvgIpc) is 2.69. The number of benzene rings is 2. The minimum Gasteiger partial charge on any atom is -0.483 e. The Morgan fingerprint density at radius 3 is 2.56 bits per heavy atom. The second-order valence-corrected chi connectivity index (χ2v) is 6.44. The highest BCUT2D eigenvalue weighted by molar-refractivity contribution is 6.32. The molecule has 0 aromatic heterocycles. The van der Waals surface area contributed by atoms with E-state index in [1.165, 1.54) is 6.08 Å². The summed E-state index contributed by atoms with van der Waals surface area (Å²) in [4.78, 5) is 23.7. The summed E-state index contributed by atoms with van der Waals surface area (Å²) < 4.78 is 5.60. The van der Waals surface area contributed by atoms with E-state index >= 15 is 0 Å². The number of halogens is 1. The maximum absolute atomic E-state index is 11.9. The van der Waals surface area contributed by atoms with Crippen LogP contribution in [0.15, 0.2) is 54.6 Å². The molecule has 0 aliphatic carbocycles. The van der Waals surface area contributed by atoms with E-state index in [0.29, 0.717) is 22.3 Å². The van der Waals surface area contributed by atoms with E-state index in [1.54, 1.807) is 24.3 Å². The largest absolute Gasteiger partial charge is 0.483 e. The Balaban J connectivity index is 1.81. The fourth-order valence-electron chi connectivity index (χ4n) is 2.37. The van der Waals surface area contributed by atoms with Crippen LogP contribution in [0.25, 0.3) is 6.08 Å². The van der Waals surface area contributed by atoms with Gasteiger partial charge in [-0.05, 0) is 41.7 Å². The molecule has 1 atom stereocenters. The number of hydrazine groups is 1. The van der Waals surface area contributed by atoms with Crippen molar-refractivity contribution in [2.75, 3.05) is 6.61 Å². The van der Waals surface area contributed by atoms with Crippen molar-refractivity contribution < 1.29 is 14.3 Å². The number of hydrogen-bond donors (Lipinski definition) is 2. The molecule has 0 radical (unpaired) electrons. The molecule has 27 heavy (non-hydrogen) atoms. The second-order valence-electron chi connectivity index (χ2n) is 6.03. The molecule has 142 valence electrons. The fourth-order valence-corrected chi connectivity index (χ4v) is 2.57. The van der Waals surface area contributed by atoms with Gasteiger partial charge in [0.1, 0.15) is 5.75 Å². The molecule has 2 amide bonds. The summed E-state index contributed by atoms with van der Waals surface area (Å²) in [6.45, 7) is 4.01. The minimum atomic E-state index is -0.469. The normalized spacial score (nSPS) is 11.8. The van der Waals surface area contributed by atoms with Gasteiger partial charge >= 0.3 is 0 Å². The molecule has 2 N–H and O–H groups in total. The third-order valence-corrected chi connectivity index (χ3v) is 4.41. The van der Waals surface area contributed by atoms with Gasteiger partial charge in [0, 0.05) is 11.1 Å². The van der Waals surface area contributed by atoms with E-state index in [4.69, 9.17) is 16.3 Å². The quantitative estimate of drug-likeness (QED) is 0.556. The summed E-state index contributed by atoms with van der Waals surface area (Å²) in [7, 11) is 0. The summed E-state index contributed by atoms with van der Waals surface area (Å²) in [6.07, 6.45) is 3.84. The van der Waals surface area contributed by atoms with Crippen LogP contribution < -0.4 is 15.6 Å². The monoisotopic (exact) mass is 386 g/mol. The van der Waals surface area contributed by atoms with Gasteiger partial charge < -0.3 is 4.74 Å². The van der Waals surface area contributed by atoms with Crippen molar-refractivity contribution in [1.29, 1.82) is 0 Å². The molecular weight excluding hydrogens is 364 g/mol. The molecule has 6 heteroatoms. The lowest BCUT2D eigenvalue weighted by atomic mass is 9.98. The van der Waals surface area contributed by atoms with Gasteiger partial charge in [-0.15, -0.1) is 0 Å². The van der Waals surface area contributed by atoms with E-state index in [0.717, 1.165) is 12.0 Å². The van der Waals surface area contributed by atoms with Crippen molar-refractivity contribution in [2.45, 2.75) is 26.2 Å². The zero-order valence-electron chi connectivity index (χ0n) is 15.4. The van der Waals surface area contributed by atoms with Crippen molar-refractivity contribution in [1.82, 2.24) is 10.9 Å². The lowest BCUT2D eigenvalue weighted by Crippen LogP contribution is -2.43. The molecule has 0 aliphatic rings. The first kappa shape index (κ1) is 20.5. The molecule has 2 aromatic carbocycles. The molecule has 0 saturated heterocycles. The molecule has 0 fully saturated rings. The van der Waals surface area contributed by atoms with Crippen molar-refractivity contribution >= 4 is 29.5 Å². The Labute approximate surface area is 164 Å². The van der Waals surface area contributed by atoms with Crippen LogP contribution in [0.5, 0.6) is 5.75 Å². The van der Waals surface area contributed by atoms with Crippen LogP contribution >= 0.6 is 11.6 Å². The zero-order chi connectivity index (χ0) is 19.6. The lowest BCUT2D eigenvalue weighted by Gasteiger charge is -2.15. The summed E-state index contributed by atoms with van der Waals surface area (Å²) in [6, 6.07) is 14.8. The molecule has 0 unspecified atom stereocenters. The Hall–Kier alpha value is -2.79. The van der Waals surface area contributed by atoms with Gasteiger partial charge in [-0.1, -0.05) is 61.8 Å².